The average molecular weight is 304 g/mol. The summed E-state index contributed by atoms with van der Waals surface area (Å²) in [5, 5.41) is 1.43. The van der Waals surface area contributed by atoms with Crippen molar-refractivity contribution in [2.75, 3.05) is 4.72 Å². The summed E-state index contributed by atoms with van der Waals surface area (Å²) < 4.78 is 22.4. The average Bonchev–Trinajstić information content (AvgIpc) is 2.34. The van der Waals surface area contributed by atoms with Gasteiger partial charge in [0.2, 0.25) is 10.9 Å². The molecule has 0 spiro atoms. The lowest BCUT2D eigenvalue weighted by molar-refractivity contribution is 0.619. The highest BCUT2D eigenvalue weighted by Gasteiger charge is 1.85. The van der Waals surface area contributed by atoms with Gasteiger partial charge in [0.1, 0.15) is 0 Å². The SMILES string of the molecule is Clc1ccc(Cl)cc1.O=[SH](=O)Nc1ccccc1. The van der Waals surface area contributed by atoms with Gasteiger partial charge < -0.3 is 0 Å². The quantitative estimate of drug-likeness (QED) is 0.832. The van der Waals surface area contributed by atoms with E-state index in [1.165, 1.54) is 0 Å². The van der Waals surface area contributed by atoms with Crippen LogP contribution in [0.1, 0.15) is 0 Å². The molecule has 0 amide bonds. The van der Waals surface area contributed by atoms with E-state index in [0.29, 0.717) is 5.69 Å². The minimum atomic E-state index is -2.53. The van der Waals surface area contributed by atoms with Crippen molar-refractivity contribution in [1.29, 1.82) is 0 Å². The molecule has 0 atom stereocenters. The molecule has 1 N–H and O–H groups in total. The number of benzene rings is 2. The van der Waals surface area contributed by atoms with Crippen LogP contribution in [-0.2, 0) is 10.9 Å². The van der Waals surface area contributed by atoms with Gasteiger partial charge in [0, 0.05) is 15.7 Å². The third kappa shape index (κ3) is 6.49. The maximum absolute atomic E-state index is 10.1. The third-order valence-electron chi connectivity index (χ3n) is 1.80. The maximum atomic E-state index is 10.1. The van der Waals surface area contributed by atoms with Crippen LogP contribution >= 0.6 is 23.2 Å². The van der Waals surface area contributed by atoms with E-state index in [1.54, 1.807) is 48.5 Å². The monoisotopic (exact) mass is 303 g/mol. The number of hydrogen-bond acceptors (Lipinski definition) is 2. The van der Waals surface area contributed by atoms with E-state index in [9.17, 15) is 8.42 Å². The summed E-state index contributed by atoms with van der Waals surface area (Å²) in [6.07, 6.45) is 0. The smallest absolute Gasteiger partial charge is 0.222 e. The molecule has 0 aliphatic rings. The highest BCUT2D eigenvalue weighted by Crippen LogP contribution is 2.12. The second-order valence-corrected chi connectivity index (χ2v) is 4.78. The van der Waals surface area contributed by atoms with Gasteiger partial charge in [-0.25, -0.2) is 8.42 Å². The lowest BCUT2D eigenvalue weighted by atomic mass is 10.3. The lowest BCUT2D eigenvalue weighted by Gasteiger charge is -1.94. The molecular formula is C12H11Cl2NO2S. The van der Waals surface area contributed by atoms with Crippen LogP contribution in [0.5, 0.6) is 0 Å². The van der Waals surface area contributed by atoms with E-state index in [1.807, 2.05) is 6.07 Å². The van der Waals surface area contributed by atoms with Crippen LogP contribution in [0.25, 0.3) is 0 Å². The summed E-state index contributed by atoms with van der Waals surface area (Å²) in [4.78, 5) is 0. The summed E-state index contributed by atoms with van der Waals surface area (Å²) in [6, 6.07) is 15.7. The Morgan fingerprint density at radius 2 is 1.22 bits per heavy atom. The van der Waals surface area contributed by atoms with Gasteiger partial charge in [-0.05, 0) is 36.4 Å². The largest absolute Gasteiger partial charge is 0.286 e. The van der Waals surface area contributed by atoms with Gasteiger partial charge in [-0.2, -0.15) is 0 Å². The van der Waals surface area contributed by atoms with Crippen LogP contribution in [-0.4, -0.2) is 8.42 Å². The van der Waals surface area contributed by atoms with E-state index >= 15 is 0 Å². The minimum absolute atomic E-state index is 0.596. The van der Waals surface area contributed by atoms with Crippen LogP contribution < -0.4 is 4.72 Å². The first-order chi connectivity index (χ1) is 8.58. The third-order valence-corrected chi connectivity index (χ3v) is 2.74. The second-order valence-electron chi connectivity index (χ2n) is 3.17. The van der Waals surface area contributed by atoms with Gasteiger partial charge in [-0.1, -0.05) is 41.4 Å². The van der Waals surface area contributed by atoms with Gasteiger partial charge in [-0.15, -0.1) is 0 Å². The predicted molar refractivity (Wildman–Crippen MR) is 76.8 cm³/mol. The molecule has 0 heterocycles. The van der Waals surface area contributed by atoms with Crippen molar-refractivity contribution < 1.29 is 8.42 Å². The van der Waals surface area contributed by atoms with Crippen molar-refractivity contribution in [2.24, 2.45) is 0 Å². The standard InChI is InChI=1S/C6H4Cl2.C6H7NO2S/c7-5-1-2-6(8)4-3-5;8-10(9)7-6-4-2-1-3-5-6/h1-4H;1-5,10H,(H,7,8,9). The number of halogens is 2. The molecule has 18 heavy (non-hydrogen) atoms. The van der Waals surface area contributed by atoms with Gasteiger partial charge in [0.05, 0.1) is 0 Å². The van der Waals surface area contributed by atoms with Crippen LogP contribution in [0.4, 0.5) is 5.69 Å². The molecule has 0 saturated heterocycles. The Labute approximate surface area is 117 Å². The van der Waals surface area contributed by atoms with E-state index in [0.717, 1.165) is 10.0 Å². The molecule has 0 saturated carbocycles. The zero-order valence-electron chi connectivity index (χ0n) is 9.22. The summed E-state index contributed by atoms with van der Waals surface area (Å²) in [5.41, 5.74) is 0.596. The van der Waals surface area contributed by atoms with E-state index in [2.05, 4.69) is 4.72 Å². The Kier molecular flexibility index (Phi) is 6.57. The van der Waals surface area contributed by atoms with Gasteiger partial charge in [-0.3, -0.25) is 4.72 Å². The second kappa shape index (κ2) is 7.97. The first kappa shape index (κ1) is 14.8. The number of thiol groups is 1. The molecule has 0 aliphatic carbocycles. The Morgan fingerprint density at radius 3 is 1.61 bits per heavy atom. The summed E-state index contributed by atoms with van der Waals surface area (Å²) in [5.74, 6) is 0. The van der Waals surface area contributed by atoms with Crippen molar-refractivity contribution in [3.05, 3.63) is 64.6 Å². The number of anilines is 1. The summed E-state index contributed by atoms with van der Waals surface area (Å²) >= 11 is 11.1. The fourth-order valence-corrected chi connectivity index (χ4v) is 1.66. The molecule has 0 fully saturated rings. The maximum Gasteiger partial charge on any atom is 0.222 e. The fraction of sp³-hybridized carbons (Fsp3) is 0. The summed E-state index contributed by atoms with van der Waals surface area (Å²) in [6.45, 7) is 0. The first-order valence-corrected chi connectivity index (χ1v) is 6.88. The molecular weight excluding hydrogens is 293 g/mol. The Balaban J connectivity index is 0.000000184. The van der Waals surface area contributed by atoms with E-state index < -0.39 is 10.9 Å². The number of hydrogen-bond donors (Lipinski definition) is 2. The van der Waals surface area contributed by atoms with Crippen molar-refractivity contribution in [2.45, 2.75) is 0 Å². The molecule has 0 aromatic heterocycles. The number of para-hydroxylation sites is 1. The molecule has 2 aromatic rings. The molecule has 3 nitrogen and oxygen atoms in total. The Morgan fingerprint density at radius 1 is 0.778 bits per heavy atom. The van der Waals surface area contributed by atoms with E-state index in [4.69, 9.17) is 23.2 Å². The predicted octanol–water partition coefficient (Wildman–Crippen LogP) is 3.62. The van der Waals surface area contributed by atoms with E-state index in [-0.39, 0.29) is 0 Å². The number of nitrogens with one attached hydrogen (secondary N) is 1. The van der Waals surface area contributed by atoms with Crippen LogP contribution in [0, 0.1) is 0 Å². The first-order valence-electron chi connectivity index (χ1n) is 4.95. The highest BCUT2D eigenvalue weighted by molar-refractivity contribution is 7.73. The molecule has 0 unspecified atom stereocenters. The van der Waals surface area contributed by atoms with Crippen LogP contribution in [0.15, 0.2) is 54.6 Å². The molecule has 96 valence electrons. The molecule has 6 heteroatoms. The zero-order valence-corrected chi connectivity index (χ0v) is 11.6. The summed E-state index contributed by atoms with van der Waals surface area (Å²) in [7, 11) is -2.53. The molecule has 2 rings (SSSR count). The topological polar surface area (TPSA) is 46.2 Å². The number of rotatable bonds is 2. The normalized spacial score (nSPS) is 9.50. The van der Waals surface area contributed by atoms with Gasteiger partial charge >= 0.3 is 0 Å². The van der Waals surface area contributed by atoms with Gasteiger partial charge in [0.25, 0.3) is 0 Å². The van der Waals surface area contributed by atoms with Crippen molar-refractivity contribution >= 4 is 39.8 Å². The molecule has 0 bridgehead atoms. The molecule has 0 aliphatic heterocycles. The Bertz CT molecular complexity index is 513. The zero-order chi connectivity index (χ0) is 13.4. The van der Waals surface area contributed by atoms with Crippen LogP contribution in [0.3, 0.4) is 0 Å². The van der Waals surface area contributed by atoms with Crippen molar-refractivity contribution in [1.82, 2.24) is 0 Å². The molecule has 2 aromatic carbocycles. The lowest BCUT2D eigenvalue weighted by Crippen LogP contribution is -1.93. The van der Waals surface area contributed by atoms with Gasteiger partial charge in [0.15, 0.2) is 0 Å². The van der Waals surface area contributed by atoms with Crippen molar-refractivity contribution in [3.63, 3.8) is 0 Å². The van der Waals surface area contributed by atoms with Crippen LogP contribution in [0.2, 0.25) is 10.0 Å². The fourth-order valence-electron chi connectivity index (χ4n) is 1.05. The highest BCUT2D eigenvalue weighted by atomic mass is 35.5. The Hall–Kier alpha value is -1.23. The van der Waals surface area contributed by atoms with Crippen molar-refractivity contribution in [3.8, 4) is 0 Å². The minimum Gasteiger partial charge on any atom is -0.286 e. The molecule has 0 radical (unpaired) electrons.